The fourth-order valence-electron chi connectivity index (χ4n) is 1.36. The molecule has 6 nitrogen and oxygen atoms in total. The highest BCUT2D eigenvalue weighted by Gasteiger charge is 2.07. The van der Waals surface area contributed by atoms with Crippen molar-refractivity contribution in [2.45, 2.75) is 19.9 Å². The first kappa shape index (κ1) is 13.7. The Balaban J connectivity index is 2.26. The number of hydrogen-bond acceptors (Lipinski definition) is 4. The van der Waals surface area contributed by atoms with Crippen molar-refractivity contribution >= 4 is 5.91 Å². The minimum absolute atomic E-state index is 0.155. The molecule has 1 heterocycles. The molecule has 3 N–H and O–H groups in total. The number of amides is 1. The van der Waals surface area contributed by atoms with Crippen molar-refractivity contribution in [3.05, 3.63) is 18.2 Å². The van der Waals surface area contributed by atoms with E-state index >= 15 is 0 Å². The smallest absolute Gasteiger partial charge is 0.271 e. The molecule has 6 heteroatoms. The minimum atomic E-state index is -0.155. The molecular weight excluding hydrogens is 220 g/mol. The van der Waals surface area contributed by atoms with Gasteiger partial charge in [0.05, 0.1) is 6.33 Å². The summed E-state index contributed by atoms with van der Waals surface area (Å²) in [7, 11) is 0. The van der Waals surface area contributed by atoms with Crippen LogP contribution in [0, 0.1) is 0 Å². The summed E-state index contributed by atoms with van der Waals surface area (Å²) in [5.74, 6) is -0.155. The summed E-state index contributed by atoms with van der Waals surface area (Å²) in [6, 6.07) is 0. The first-order chi connectivity index (χ1) is 8.27. The van der Waals surface area contributed by atoms with E-state index < -0.39 is 0 Å². The molecule has 0 spiro atoms. The second-order valence-electron chi connectivity index (χ2n) is 3.59. The van der Waals surface area contributed by atoms with Crippen molar-refractivity contribution in [3.63, 3.8) is 0 Å². The van der Waals surface area contributed by atoms with Crippen LogP contribution in [0.25, 0.3) is 0 Å². The van der Waals surface area contributed by atoms with Crippen molar-refractivity contribution in [2.75, 3.05) is 26.3 Å². The fraction of sp³-hybridized carbons (Fsp3) is 0.636. The van der Waals surface area contributed by atoms with E-state index in [1.165, 1.54) is 0 Å². The maximum atomic E-state index is 11.6. The van der Waals surface area contributed by atoms with Crippen LogP contribution in [0.15, 0.2) is 12.5 Å². The number of carbonyl (C=O) groups is 1. The van der Waals surface area contributed by atoms with Gasteiger partial charge in [0.15, 0.2) is 0 Å². The predicted octanol–water partition coefficient (Wildman–Crippen LogP) is -0.00180. The van der Waals surface area contributed by atoms with Crippen LogP contribution < -0.4 is 11.1 Å². The third kappa shape index (κ3) is 4.97. The van der Waals surface area contributed by atoms with Gasteiger partial charge < -0.3 is 20.4 Å². The first-order valence-electron chi connectivity index (χ1n) is 5.85. The summed E-state index contributed by atoms with van der Waals surface area (Å²) >= 11 is 0. The molecule has 0 saturated carbocycles. The number of rotatable bonds is 8. The Hall–Kier alpha value is -1.40. The molecule has 0 aromatic carbocycles. The molecule has 0 radical (unpaired) electrons. The fourth-order valence-corrected chi connectivity index (χ4v) is 1.36. The number of imidazole rings is 1. The van der Waals surface area contributed by atoms with Gasteiger partial charge in [-0.3, -0.25) is 4.79 Å². The number of nitrogens with two attached hydrogens (primary N) is 1. The van der Waals surface area contributed by atoms with Gasteiger partial charge in [-0.1, -0.05) is 0 Å². The van der Waals surface area contributed by atoms with Crippen molar-refractivity contribution in [1.29, 1.82) is 0 Å². The number of aromatic nitrogens is 2. The van der Waals surface area contributed by atoms with Gasteiger partial charge in [0.25, 0.3) is 5.91 Å². The summed E-state index contributed by atoms with van der Waals surface area (Å²) < 4.78 is 6.97. The Morgan fingerprint density at radius 2 is 2.47 bits per heavy atom. The highest BCUT2D eigenvalue weighted by molar-refractivity contribution is 5.91. The second kappa shape index (κ2) is 7.81. The van der Waals surface area contributed by atoms with Crippen molar-refractivity contribution in [2.24, 2.45) is 5.73 Å². The molecule has 0 atom stereocenters. The predicted molar refractivity (Wildman–Crippen MR) is 64.7 cm³/mol. The summed E-state index contributed by atoms with van der Waals surface area (Å²) in [5, 5.41) is 2.79. The van der Waals surface area contributed by atoms with Gasteiger partial charge in [-0.05, 0) is 13.3 Å². The average Bonchev–Trinajstić information content (AvgIpc) is 2.78. The summed E-state index contributed by atoms with van der Waals surface area (Å²) in [5.41, 5.74) is 5.84. The molecule has 1 aromatic rings. The molecule has 0 fully saturated rings. The van der Waals surface area contributed by atoms with E-state index in [0.717, 1.165) is 6.42 Å². The molecule has 1 rings (SSSR count). The standard InChI is InChI=1S/C11H20N4O2/c1-2-17-7-3-5-13-11(16)10-8-15(6-4-12)9-14-10/h8-9H,2-7,12H2,1H3,(H,13,16). The van der Waals surface area contributed by atoms with Crippen molar-refractivity contribution < 1.29 is 9.53 Å². The van der Waals surface area contributed by atoms with Crippen LogP contribution in [-0.2, 0) is 11.3 Å². The molecule has 1 aromatic heterocycles. The minimum Gasteiger partial charge on any atom is -0.382 e. The van der Waals surface area contributed by atoms with Crippen LogP contribution in [0.1, 0.15) is 23.8 Å². The highest BCUT2D eigenvalue weighted by Crippen LogP contribution is 1.95. The van der Waals surface area contributed by atoms with Crippen molar-refractivity contribution in [1.82, 2.24) is 14.9 Å². The largest absolute Gasteiger partial charge is 0.382 e. The maximum absolute atomic E-state index is 11.6. The zero-order valence-corrected chi connectivity index (χ0v) is 10.2. The molecule has 0 aliphatic carbocycles. The van der Waals surface area contributed by atoms with E-state index in [9.17, 15) is 4.79 Å². The Kier molecular flexibility index (Phi) is 6.27. The van der Waals surface area contributed by atoms with E-state index in [4.69, 9.17) is 10.5 Å². The van der Waals surface area contributed by atoms with Crippen LogP contribution in [0.2, 0.25) is 0 Å². The third-order valence-corrected chi connectivity index (χ3v) is 2.21. The Morgan fingerprint density at radius 1 is 1.65 bits per heavy atom. The topological polar surface area (TPSA) is 82.2 Å². The Labute approximate surface area is 101 Å². The lowest BCUT2D eigenvalue weighted by Gasteiger charge is -2.03. The number of carbonyl (C=O) groups excluding carboxylic acids is 1. The van der Waals surface area contributed by atoms with Gasteiger partial charge in [-0.15, -0.1) is 0 Å². The molecular formula is C11H20N4O2. The average molecular weight is 240 g/mol. The van der Waals surface area contributed by atoms with E-state index in [0.29, 0.717) is 38.5 Å². The van der Waals surface area contributed by atoms with E-state index in [-0.39, 0.29) is 5.91 Å². The lowest BCUT2D eigenvalue weighted by molar-refractivity contribution is 0.0939. The van der Waals surface area contributed by atoms with Crippen LogP contribution in [-0.4, -0.2) is 41.8 Å². The molecule has 96 valence electrons. The summed E-state index contributed by atoms with van der Waals surface area (Å²) in [6.07, 6.45) is 4.12. The third-order valence-electron chi connectivity index (χ3n) is 2.21. The van der Waals surface area contributed by atoms with E-state index in [1.54, 1.807) is 17.1 Å². The Bertz CT molecular complexity index is 338. The highest BCUT2D eigenvalue weighted by atomic mass is 16.5. The van der Waals surface area contributed by atoms with Crippen LogP contribution in [0.4, 0.5) is 0 Å². The zero-order valence-electron chi connectivity index (χ0n) is 10.2. The molecule has 0 aliphatic heterocycles. The lowest BCUT2D eigenvalue weighted by atomic mass is 10.4. The van der Waals surface area contributed by atoms with Gasteiger partial charge in [-0.25, -0.2) is 4.98 Å². The van der Waals surface area contributed by atoms with E-state index in [2.05, 4.69) is 10.3 Å². The van der Waals surface area contributed by atoms with Crippen LogP contribution in [0.3, 0.4) is 0 Å². The monoisotopic (exact) mass is 240 g/mol. The molecule has 0 bridgehead atoms. The number of nitrogens with one attached hydrogen (secondary N) is 1. The van der Waals surface area contributed by atoms with Gasteiger partial charge in [-0.2, -0.15) is 0 Å². The maximum Gasteiger partial charge on any atom is 0.271 e. The lowest BCUT2D eigenvalue weighted by Crippen LogP contribution is -2.25. The normalized spacial score (nSPS) is 10.5. The zero-order chi connectivity index (χ0) is 12.5. The van der Waals surface area contributed by atoms with E-state index in [1.807, 2.05) is 6.92 Å². The molecule has 0 saturated heterocycles. The van der Waals surface area contributed by atoms with Crippen molar-refractivity contribution in [3.8, 4) is 0 Å². The van der Waals surface area contributed by atoms with Gasteiger partial charge >= 0.3 is 0 Å². The van der Waals surface area contributed by atoms with Gasteiger partial charge in [0, 0.05) is 39.0 Å². The quantitative estimate of drug-likeness (QED) is 0.626. The first-order valence-corrected chi connectivity index (χ1v) is 5.85. The number of nitrogens with zero attached hydrogens (tertiary/aromatic N) is 2. The molecule has 0 aliphatic rings. The Morgan fingerprint density at radius 3 is 3.18 bits per heavy atom. The number of ether oxygens (including phenoxy) is 1. The van der Waals surface area contributed by atoms with Crippen LogP contribution >= 0.6 is 0 Å². The number of hydrogen-bond donors (Lipinski definition) is 2. The van der Waals surface area contributed by atoms with Gasteiger partial charge in [0.1, 0.15) is 5.69 Å². The molecule has 17 heavy (non-hydrogen) atoms. The molecule has 0 unspecified atom stereocenters. The second-order valence-corrected chi connectivity index (χ2v) is 3.59. The summed E-state index contributed by atoms with van der Waals surface area (Å²) in [4.78, 5) is 15.6. The molecule has 1 amide bonds. The SMILES string of the molecule is CCOCCCNC(=O)c1cn(CCN)cn1. The van der Waals surface area contributed by atoms with Gasteiger partial charge in [0.2, 0.25) is 0 Å². The summed E-state index contributed by atoms with van der Waals surface area (Å²) in [6.45, 7) is 5.12. The van der Waals surface area contributed by atoms with Crippen LogP contribution in [0.5, 0.6) is 0 Å².